The van der Waals surface area contributed by atoms with Crippen molar-refractivity contribution in [2.75, 3.05) is 6.54 Å². The molecule has 18 heavy (non-hydrogen) atoms. The second-order valence-corrected chi connectivity index (χ2v) is 5.59. The highest BCUT2D eigenvalue weighted by Crippen LogP contribution is 2.19. The zero-order valence-corrected chi connectivity index (χ0v) is 12.7. The standard InChI is InChI=1S/C11H16BrN3O2S/c1-3-13-11(17)15-10(16)7(2)14-5-9-4-8(12)6-18-9/h4,6-7,14H,3,5H2,1-2H3,(H2,13,15,16,17). The molecule has 1 aromatic rings. The number of halogens is 1. The Bertz CT molecular complexity index is 422. The minimum atomic E-state index is -0.463. The van der Waals surface area contributed by atoms with E-state index in [4.69, 9.17) is 0 Å². The van der Waals surface area contributed by atoms with Gasteiger partial charge in [-0.2, -0.15) is 0 Å². The molecular formula is C11H16BrN3O2S. The second-order valence-electron chi connectivity index (χ2n) is 3.68. The lowest BCUT2D eigenvalue weighted by Crippen LogP contribution is -2.47. The molecular weight excluding hydrogens is 318 g/mol. The summed E-state index contributed by atoms with van der Waals surface area (Å²) < 4.78 is 1.03. The molecule has 0 bridgehead atoms. The predicted octanol–water partition coefficient (Wildman–Crippen LogP) is 1.83. The Morgan fingerprint density at radius 2 is 2.22 bits per heavy atom. The molecule has 0 aliphatic heterocycles. The van der Waals surface area contributed by atoms with Crippen LogP contribution in [0.3, 0.4) is 0 Å². The molecule has 1 rings (SSSR count). The first-order valence-electron chi connectivity index (χ1n) is 5.58. The molecule has 5 nitrogen and oxygen atoms in total. The van der Waals surface area contributed by atoms with E-state index in [0.717, 1.165) is 9.35 Å². The number of carbonyl (C=O) groups excluding carboxylic acids is 2. The van der Waals surface area contributed by atoms with E-state index in [1.807, 2.05) is 11.4 Å². The molecule has 0 saturated heterocycles. The third-order valence-electron chi connectivity index (χ3n) is 2.17. The first-order chi connectivity index (χ1) is 8.52. The van der Waals surface area contributed by atoms with Gasteiger partial charge in [0.2, 0.25) is 5.91 Å². The van der Waals surface area contributed by atoms with Gasteiger partial charge in [-0.15, -0.1) is 11.3 Å². The second kappa shape index (κ2) is 7.50. The van der Waals surface area contributed by atoms with Crippen molar-refractivity contribution in [3.63, 3.8) is 0 Å². The van der Waals surface area contributed by atoms with Crippen LogP contribution in [0.1, 0.15) is 18.7 Å². The van der Waals surface area contributed by atoms with Gasteiger partial charge >= 0.3 is 6.03 Å². The van der Waals surface area contributed by atoms with Crippen LogP contribution in [0.15, 0.2) is 15.9 Å². The lowest BCUT2D eigenvalue weighted by molar-refractivity contribution is -0.121. The topological polar surface area (TPSA) is 70.2 Å². The Balaban J connectivity index is 2.33. The fourth-order valence-corrected chi connectivity index (χ4v) is 2.62. The predicted molar refractivity (Wildman–Crippen MR) is 75.5 cm³/mol. The molecule has 1 aromatic heterocycles. The number of hydrogen-bond acceptors (Lipinski definition) is 4. The molecule has 0 saturated carbocycles. The van der Waals surface area contributed by atoms with E-state index in [1.54, 1.807) is 25.2 Å². The molecule has 0 aromatic carbocycles. The zero-order valence-electron chi connectivity index (χ0n) is 10.2. The molecule has 3 N–H and O–H groups in total. The lowest BCUT2D eigenvalue weighted by Gasteiger charge is -2.12. The first-order valence-corrected chi connectivity index (χ1v) is 7.25. The van der Waals surface area contributed by atoms with Gasteiger partial charge in [0, 0.05) is 27.8 Å². The van der Waals surface area contributed by atoms with Crippen molar-refractivity contribution in [3.05, 3.63) is 20.8 Å². The highest BCUT2D eigenvalue weighted by atomic mass is 79.9. The molecule has 0 spiro atoms. The summed E-state index contributed by atoms with van der Waals surface area (Å²) in [6.07, 6.45) is 0. The number of hydrogen-bond donors (Lipinski definition) is 3. The molecule has 7 heteroatoms. The normalized spacial score (nSPS) is 11.9. The lowest BCUT2D eigenvalue weighted by atomic mass is 10.3. The van der Waals surface area contributed by atoms with E-state index in [9.17, 15) is 9.59 Å². The monoisotopic (exact) mass is 333 g/mol. The van der Waals surface area contributed by atoms with Crippen LogP contribution < -0.4 is 16.0 Å². The maximum Gasteiger partial charge on any atom is 0.321 e. The highest BCUT2D eigenvalue weighted by molar-refractivity contribution is 9.10. The van der Waals surface area contributed by atoms with Gasteiger partial charge in [0.1, 0.15) is 0 Å². The Morgan fingerprint density at radius 3 is 2.78 bits per heavy atom. The number of rotatable bonds is 5. The summed E-state index contributed by atoms with van der Waals surface area (Å²) in [5, 5.41) is 9.81. The van der Waals surface area contributed by atoms with Gasteiger partial charge in [0.15, 0.2) is 0 Å². The molecule has 100 valence electrons. The summed E-state index contributed by atoms with van der Waals surface area (Å²) in [4.78, 5) is 23.9. The van der Waals surface area contributed by atoms with E-state index in [-0.39, 0.29) is 5.91 Å². The van der Waals surface area contributed by atoms with Crippen LogP contribution in [-0.2, 0) is 11.3 Å². The fraction of sp³-hybridized carbons (Fsp3) is 0.455. The Kier molecular flexibility index (Phi) is 6.31. The van der Waals surface area contributed by atoms with E-state index in [1.165, 1.54) is 0 Å². The number of urea groups is 1. The molecule has 3 amide bonds. The van der Waals surface area contributed by atoms with E-state index in [2.05, 4.69) is 31.9 Å². The average Bonchev–Trinajstić information content (AvgIpc) is 2.72. The number of amides is 3. The summed E-state index contributed by atoms with van der Waals surface area (Å²) in [7, 11) is 0. The quantitative estimate of drug-likeness (QED) is 0.769. The summed E-state index contributed by atoms with van der Waals surface area (Å²) in [6.45, 7) is 4.60. The van der Waals surface area contributed by atoms with Gasteiger partial charge in [0.05, 0.1) is 6.04 Å². The van der Waals surface area contributed by atoms with Crippen molar-refractivity contribution < 1.29 is 9.59 Å². The van der Waals surface area contributed by atoms with Crippen LogP contribution in [-0.4, -0.2) is 24.5 Å². The van der Waals surface area contributed by atoms with Gasteiger partial charge < -0.3 is 10.6 Å². The Morgan fingerprint density at radius 1 is 1.50 bits per heavy atom. The van der Waals surface area contributed by atoms with Crippen molar-refractivity contribution in [3.8, 4) is 0 Å². The zero-order chi connectivity index (χ0) is 13.5. The SMILES string of the molecule is CCNC(=O)NC(=O)C(C)NCc1cc(Br)cs1. The van der Waals surface area contributed by atoms with E-state index < -0.39 is 12.1 Å². The van der Waals surface area contributed by atoms with Crippen LogP contribution in [0.5, 0.6) is 0 Å². The van der Waals surface area contributed by atoms with Crippen LogP contribution >= 0.6 is 27.3 Å². The number of carbonyl (C=O) groups is 2. The summed E-state index contributed by atoms with van der Waals surface area (Å²) in [5.41, 5.74) is 0. The maximum absolute atomic E-state index is 11.6. The average molecular weight is 334 g/mol. The van der Waals surface area contributed by atoms with Gasteiger partial charge in [-0.25, -0.2) is 4.79 Å². The van der Waals surface area contributed by atoms with Crippen LogP contribution in [0.2, 0.25) is 0 Å². The largest absolute Gasteiger partial charge is 0.338 e. The van der Waals surface area contributed by atoms with Crippen molar-refractivity contribution in [1.29, 1.82) is 0 Å². The highest BCUT2D eigenvalue weighted by Gasteiger charge is 2.14. The van der Waals surface area contributed by atoms with E-state index >= 15 is 0 Å². The molecule has 0 aliphatic carbocycles. The van der Waals surface area contributed by atoms with Crippen molar-refractivity contribution in [2.24, 2.45) is 0 Å². The molecule has 0 radical (unpaired) electrons. The molecule has 0 aliphatic rings. The van der Waals surface area contributed by atoms with Crippen molar-refractivity contribution in [2.45, 2.75) is 26.4 Å². The molecule has 1 atom stereocenters. The molecule has 1 unspecified atom stereocenters. The van der Waals surface area contributed by atoms with Crippen LogP contribution in [0, 0.1) is 0 Å². The Labute approximate surface area is 118 Å². The molecule has 1 heterocycles. The van der Waals surface area contributed by atoms with Gasteiger partial charge in [0.25, 0.3) is 0 Å². The van der Waals surface area contributed by atoms with Gasteiger partial charge in [-0.1, -0.05) is 0 Å². The van der Waals surface area contributed by atoms with Gasteiger partial charge in [-0.05, 0) is 35.8 Å². The summed E-state index contributed by atoms with van der Waals surface area (Å²) in [5.74, 6) is -0.337. The first kappa shape index (κ1) is 15.1. The van der Waals surface area contributed by atoms with Gasteiger partial charge in [-0.3, -0.25) is 10.1 Å². The van der Waals surface area contributed by atoms with Crippen LogP contribution in [0.25, 0.3) is 0 Å². The summed E-state index contributed by atoms with van der Waals surface area (Å²) >= 11 is 4.97. The minimum absolute atomic E-state index is 0.337. The third-order valence-corrected chi connectivity index (χ3v) is 3.87. The maximum atomic E-state index is 11.6. The fourth-order valence-electron chi connectivity index (χ4n) is 1.22. The smallest absolute Gasteiger partial charge is 0.321 e. The minimum Gasteiger partial charge on any atom is -0.338 e. The van der Waals surface area contributed by atoms with E-state index in [0.29, 0.717) is 13.1 Å². The number of nitrogens with one attached hydrogen (secondary N) is 3. The molecule has 0 fully saturated rings. The number of thiophene rings is 1. The van der Waals surface area contributed by atoms with Crippen molar-refractivity contribution in [1.82, 2.24) is 16.0 Å². The Hall–Kier alpha value is -0.920. The summed E-state index contributed by atoms with van der Waals surface area (Å²) in [6, 6.07) is 1.11. The van der Waals surface area contributed by atoms with Crippen molar-refractivity contribution >= 4 is 39.2 Å². The third kappa shape index (κ3) is 5.16. The number of imide groups is 1. The van der Waals surface area contributed by atoms with Crippen LogP contribution in [0.4, 0.5) is 4.79 Å².